The third-order valence-corrected chi connectivity index (χ3v) is 7.02. The Bertz CT molecular complexity index is 1120. The van der Waals surface area contributed by atoms with Crippen LogP contribution in [-0.2, 0) is 26.2 Å². The van der Waals surface area contributed by atoms with Crippen LogP contribution in [-0.4, -0.2) is 57.1 Å². The topological polar surface area (TPSA) is 96.0 Å². The van der Waals surface area contributed by atoms with Gasteiger partial charge in [-0.1, -0.05) is 42.8 Å². The van der Waals surface area contributed by atoms with Crippen molar-refractivity contribution in [2.24, 2.45) is 0 Å². The summed E-state index contributed by atoms with van der Waals surface area (Å²) in [6, 6.07) is 13.2. The second-order valence-corrected chi connectivity index (χ2v) is 11.2. The summed E-state index contributed by atoms with van der Waals surface area (Å²) in [7, 11) is -2.14. The first-order valence-corrected chi connectivity index (χ1v) is 14.2. The Morgan fingerprint density at radius 1 is 1.08 bits per heavy atom. The summed E-state index contributed by atoms with van der Waals surface area (Å²) in [6.45, 7) is 5.93. The van der Waals surface area contributed by atoms with Crippen molar-refractivity contribution < 1.29 is 22.7 Å². The number of halogens is 1. The molecule has 1 N–H and O–H groups in total. The van der Waals surface area contributed by atoms with Crippen LogP contribution in [0.5, 0.6) is 5.75 Å². The van der Waals surface area contributed by atoms with Gasteiger partial charge in [-0.25, -0.2) is 8.42 Å². The van der Waals surface area contributed by atoms with Gasteiger partial charge in [0.25, 0.3) is 0 Å². The number of methoxy groups -OCH3 is 1. The van der Waals surface area contributed by atoms with E-state index in [1.807, 2.05) is 32.9 Å². The van der Waals surface area contributed by atoms with Gasteiger partial charge in [0.05, 0.1) is 19.1 Å². The van der Waals surface area contributed by atoms with Crippen LogP contribution in [0.2, 0.25) is 5.02 Å². The van der Waals surface area contributed by atoms with E-state index in [2.05, 4.69) is 5.32 Å². The number of ether oxygens (including phenoxy) is 1. The van der Waals surface area contributed by atoms with Gasteiger partial charge in [-0.3, -0.25) is 13.9 Å². The van der Waals surface area contributed by atoms with Crippen molar-refractivity contribution in [2.75, 3.05) is 24.2 Å². The maximum Gasteiger partial charge on any atom is 0.243 e. The van der Waals surface area contributed by atoms with Crippen LogP contribution in [0.25, 0.3) is 0 Å². The van der Waals surface area contributed by atoms with E-state index < -0.39 is 16.1 Å². The molecule has 198 valence electrons. The van der Waals surface area contributed by atoms with Crippen molar-refractivity contribution in [3.05, 3.63) is 59.1 Å². The highest BCUT2D eigenvalue weighted by molar-refractivity contribution is 7.92. The van der Waals surface area contributed by atoms with Crippen LogP contribution < -0.4 is 14.4 Å². The van der Waals surface area contributed by atoms with Gasteiger partial charge in [-0.2, -0.15) is 0 Å². The Hall–Kier alpha value is -2.78. The number of rotatable bonds is 13. The number of sulfonamides is 1. The van der Waals surface area contributed by atoms with E-state index in [0.717, 1.165) is 11.8 Å². The van der Waals surface area contributed by atoms with Crippen molar-refractivity contribution in [2.45, 2.75) is 58.7 Å². The third-order valence-electron chi connectivity index (χ3n) is 5.59. The van der Waals surface area contributed by atoms with Crippen LogP contribution in [0.15, 0.2) is 48.5 Å². The number of para-hydroxylation sites is 2. The van der Waals surface area contributed by atoms with E-state index in [4.69, 9.17) is 16.3 Å². The zero-order chi connectivity index (χ0) is 26.9. The Morgan fingerprint density at radius 3 is 2.28 bits per heavy atom. The van der Waals surface area contributed by atoms with Crippen LogP contribution in [0, 0.1) is 0 Å². The number of benzene rings is 2. The van der Waals surface area contributed by atoms with Crippen molar-refractivity contribution in [1.29, 1.82) is 0 Å². The number of carbonyl (C=O) groups is 2. The lowest BCUT2D eigenvalue weighted by atomic mass is 10.1. The summed E-state index contributed by atoms with van der Waals surface area (Å²) < 4.78 is 31.6. The fraction of sp³-hybridized carbons (Fsp3) is 0.462. The number of amides is 2. The highest BCUT2D eigenvalue weighted by atomic mass is 35.5. The molecule has 0 aliphatic heterocycles. The molecule has 2 aromatic carbocycles. The average Bonchev–Trinajstić information content (AvgIpc) is 2.81. The molecule has 0 heterocycles. The number of anilines is 1. The summed E-state index contributed by atoms with van der Waals surface area (Å²) in [5.74, 6) is -0.0270. The molecule has 36 heavy (non-hydrogen) atoms. The minimum Gasteiger partial charge on any atom is -0.495 e. The van der Waals surface area contributed by atoms with Crippen LogP contribution >= 0.6 is 11.6 Å². The van der Waals surface area contributed by atoms with E-state index >= 15 is 0 Å². The van der Waals surface area contributed by atoms with E-state index in [9.17, 15) is 18.0 Å². The Balaban J connectivity index is 2.24. The second-order valence-electron chi connectivity index (χ2n) is 8.85. The lowest BCUT2D eigenvalue weighted by Crippen LogP contribution is -2.50. The van der Waals surface area contributed by atoms with Gasteiger partial charge in [-0.05, 0) is 56.5 Å². The molecule has 0 radical (unpaired) electrons. The predicted molar refractivity (Wildman–Crippen MR) is 144 cm³/mol. The standard InChI is InChI=1S/C26H36ClN3O5S/c1-6-22(26(32)28-19(2)3)29(18-20-13-15-21(27)16-14-20)25(31)12-9-17-30(36(5,33)34)23-10-7-8-11-24(23)35-4/h7-8,10-11,13-16,19,22H,6,9,12,17-18H2,1-5H3,(H,28,32). The van der Waals surface area contributed by atoms with E-state index in [-0.39, 0.29) is 43.8 Å². The molecule has 0 aromatic heterocycles. The maximum atomic E-state index is 13.4. The van der Waals surface area contributed by atoms with E-state index in [0.29, 0.717) is 22.9 Å². The highest BCUT2D eigenvalue weighted by Gasteiger charge is 2.29. The molecule has 2 rings (SSSR count). The summed E-state index contributed by atoms with van der Waals surface area (Å²) in [4.78, 5) is 27.9. The Morgan fingerprint density at radius 2 is 1.72 bits per heavy atom. The number of carbonyl (C=O) groups excluding carboxylic acids is 2. The first-order valence-electron chi connectivity index (χ1n) is 11.9. The highest BCUT2D eigenvalue weighted by Crippen LogP contribution is 2.30. The normalized spacial score (nSPS) is 12.2. The molecule has 0 fully saturated rings. The van der Waals surface area contributed by atoms with Crippen LogP contribution in [0.3, 0.4) is 0 Å². The maximum absolute atomic E-state index is 13.4. The molecule has 0 saturated heterocycles. The Labute approximate surface area is 219 Å². The lowest BCUT2D eigenvalue weighted by Gasteiger charge is -2.31. The molecule has 0 spiro atoms. The summed E-state index contributed by atoms with van der Waals surface area (Å²) in [6.07, 6.45) is 1.90. The van der Waals surface area contributed by atoms with E-state index in [1.54, 1.807) is 41.3 Å². The molecule has 10 heteroatoms. The smallest absolute Gasteiger partial charge is 0.243 e. The summed E-state index contributed by atoms with van der Waals surface area (Å²) in [5, 5.41) is 3.48. The zero-order valence-corrected chi connectivity index (χ0v) is 23.1. The van der Waals surface area contributed by atoms with Gasteiger partial charge in [0.1, 0.15) is 11.8 Å². The summed E-state index contributed by atoms with van der Waals surface area (Å²) in [5.41, 5.74) is 1.26. The number of hydrogen-bond acceptors (Lipinski definition) is 5. The fourth-order valence-corrected chi connectivity index (χ4v) is 5.00. The third kappa shape index (κ3) is 8.41. The molecule has 0 aliphatic rings. The fourth-order valence-electron chi connectivity index (χ4n) is 3.90. The average molecular weight is 538 g/mol. The zero-order valence-electron chi connectivity index (χ0n) is 21.5. The lowest BCUT2D eigenvalue weighted by molar-refractivity contribution is -0.141. The van der Waals surface area contributed by atoms with Crippen molar-refractivity contribution >= 4 is 39.1 Å². The van der Waals surface area contributed by atoms with E-state index in [1.165, 1.54) is 11.4 Å². The van der Waals surface area contributed by atoms with Gasteiger partial charge in [-0.15, -0.1) is 0 Å². The molecular formula is C26H36ClN3O5S. The largest absolute Gasteiger partial charge is 0.495 e. The molecule has 2 aromatic rings. The SMILES string of the molecule is CCC(C(=O)NC(C)C)N(Cc1ccc(Cl)cc1)C(=O)CCCN(c1ccccc1OC)S(C)(=O)=O. The van der Waals surface area contributed by atoms with Gasteiger partial charge < -0.3 is 15.0 Å². The monoisotopic (exact) mass is 537 g/mol. The van der Waals surface area contributed by atoms with Crippen molar-refractivity contribution in [3.63, 3.8) is 0 Å². The molecule has 1 atom stereocenters. The van der Waals surface area contributed by atoms with Gasteiger partial charge in [0.2, 0.25) is 21.8 Å². The summed E-state index contributed by atoms with van der Waals surface area (Å²) >= 11 is 6.01. The van der Waals surface area contributed by atoms with Crippen molar-refractivity contribution in [3.8, 4) is 5.75 Å². The molecule has 2 amide bonds. The molecule has 0 saturated carbocycles. The van der Waals surface area contributed by atoms with Crippen LogP contribution in [0.4, 0.5) is 5.69 Å². The minimum absolute atomic E-state index is 0.0665. The predicted octanol–water partition coefficient (Wildman–Crippen LogP) is 4.23. The first-order chi connectivity index (χ1) is 17.0. The van der Waals surface area contributed by atoms with Gasteiger partial charge in [0, 0.05) is 30.6 Å². The second kappa shape index (κ2) is 13.5. The first kappa shape index (κ1) is 29.5. The molecule has 0 bridgehead atoms. The van der Waals surface area contributed by atoms with Gasteiger partial charge >= 0.3 is 0 Å². The van der Waals surface area contributed by atoms with Crippen molar-refractivity contribution in [1.82, 2.24) is 10.2 Å². The molecular weight excluding hydrogens is 502 g/mol. The number of nitrogens with one attached hydrogen (secondary N) is 1. The number of hydrogen-bond donors (Lipinski definition) is 1. The quantitative estimate of drug-likeness (QED) is 0.412. The minimum atomic E-state index is -3.62. The van der Waals surface area contributed by atoms with Gasteiger partial charge in [0.15, 0.2) is 0 Å². The molecule has 8 nitrogen and oxygen atoms in total. The van der Waals surface area contributed by atoms with Crippen LogP contribution in [0.1, 0.15) is 45.6 Å². The number of nitrogens with zero attached hydrogens (tertiary/aromatic N) is 2. The molecule has 1 unspecified atom stereocenters. The molecule has 0 aliphatic carbocycles. The Kier molecular flexibility index (Phi) is 11.0.